The van der Waals surface area contributed by atoms with Gasteiger partial charge in [-0.05, 0) is 47.7 Å². The fourth-order valence-electron chi connectivity index (χ4n) is 4.99. The zero-order valence-corrected chi connectivity index (χ0v) is 20.0. The molecule has 0 fully saturated rings. The summed E-state index contributed by atoms with van der Waals surface area (Å²) in [6.45, 7) is 1.87. The fourth-order valence-corrected chi connectivity index (χ4v) is 5.41. The number of benzene rings is 3. The maximum atomic E-state index is 13.8. The number of nitrogens with zero attached hydrogens (tertiary/aromatic N) is 1. The number of halogens is 1. The minimum atomic E-state index is -0.481. The molecule has 5 heteroatoms. The summed E-state index contributed by atoms with van der Waals surface area (Å²) in [5.74, 6) is 0.180. The number of para-hydroxylation sites is 2. The first-order valence-corrected chi connectivity index (χ1v) is 12.1. The van der Waals surface area contributed by atoms with Crippen molar-refractivity contribution in [3.63, 3.8) is 0 Å². The van der Waals surface area contributed by atoms with Crippen molar-refractivity contribution in [3.05, 3.63) is 106 Å². The second kappa shape index (κ2) is 8.99. The topological polar surface area (TPSA) is 49.4 Å². The number of hydrogen-bond acceptors (Lipinski definition) is 3. The molecule has 1 N–H and O–H groups in total. The van der Waals surface area contributed by atoms with Crippen molar-refractivity contribution in [1.29, 1.82) is 0 Å². The van der Waals surface area contributed by atoms with Crippen LogP contribution in [0.4, 0.5) is 11.4 Å². The molecule has 1 aliphatic carbocycles. The number of carbonyl (C=O) groups is 2. The number of Topliss-reactive ketones (excluding diaryl/α,β-unsaturated/α-hetero) is 1. The van der Waals surface area contributed by atoms with E-state index in [4.69, 9.17) is 0 Å². The lowest BCUT2D eigenvalue weighted by molar-refractivity contribution is -0.119. The maximum absolute atomic E-state index is 13.8. The summed E-state index contributed by atoms with van der Waals surface area (Å²) in [6.07, 6.45) is 1.50. The number of amides is 1. The standard InChI is InChI=1S/C28H25BrN2O2/c1-2-26(33)31-24-14-7-6-13-22(24)30-23-16-20(18-9-4-3-5-10-18)17-25(32)27(23)28(31)19-11-8-12-21(29)15-19/h3-15,20,28,30H,2,16-17H2,1H3/t20-,28-/m1/s1. The highest BCUT2D eigenvalue weighted by Crippen LogP contribution is 2.47. The second-order valence-electron chi connectivity index (χ2n) is 8.55. The zero-order valence-electron chi connectivity index (χ0n) is 18.4. The van der Waals surface area contributed by atoms with Gasteiger partial charge in [0.2, 0.25) is 5.91 Å². The predicted octanol–water partition coefficient (Wildman–Crippen LogP) is 6.76. The van der Waals surface area contributed by atoms with Crippen LogP contribution < -0.4 is 10.2 Å². The molecule has 3 aromatic rings. The van der Waals surface area contributed by atoms with Gasteiger partial charge in [-0.2, -0.15) is 0 Å². The minimum absolute atomic E-state index is 0.0130. The Morgan fingerprint density at radius 3 is 2.45 bits per heavy atom. The van der Waals surface area contributed by atoms with Gasteiger partial charge in [0.15, 0.2) is 5.78 Å². The van der Waals surface area contributed by atoms with Crippen molar-refractivity contribution in [3.8, 4) is 0 Å². The molecule has 166 valence electrons. The smallest absolute Gasteiger partial charge is 0.227 e. The Labute approximate surface area is 202 Å². The lowest BCUT2D eigenvalue weighted by Crippen LogP contribution is -2.38. The van der Waals surface area contributed by atoms with Crippen LogP contribution in [-0.2, 0) is 9.59 Å². The van der Waals surface area contributed by atoms with Crippen molar-refractivity contribution >= 4 is 39.0 Å². The van der Waals surface area contributed by atoms with Crippen molar-refractivity contribution in [2.75, 3.05) is 10.2 Å². The van der Waals surface area contributed by atoms with Gasteiger partial charge in [0, 0.05) is 28.6 Å². The number of carbonyl (C=O) groups excluding carboxylic acids is 2. The van der Waals surface area contributed by atoms with Crippen molar-refractivity contribution in [2.24, 2.45) is 0 Å². The lowest BCUT2D eigenvalue weighted by Gasteiger charge is -2.35. The third kappa shape index (κ3) is 4.02. The van der Waals surface area contributed by atoms with Crippen LogP contribution in [0.25, 0.3) is 0 Å². The summed E-state index contributed by atoms with van der Waals surface area (Å²) in [4.78, 5) is 29.0. The quantitative estimate of drug-likeness (QED) is 0.432. The van der Waals surface area contributed by atoms with Crippen LogP contribution in [0.5, 0.6) is 0 Å². The van der Waals surface area contributed by atoms with Gasteiger partial charge in [-0.3, -0.25) is 14.5 Å². The van der Waals surface area contributed by atoms with E-state index in [1.54, 1.807) is 0 Å². The van der Waals surface area contributed by atoms with Crippen molar-refractivity contribution < 1.29 is 9.59 Å². The molecule has 0 bridgehead atoms. The summed E-state index contributed by atoms with van der Waals surface area (Å²) >= 11 is 3.58. The molecular formula is C28H25BrN2O2. The number of rotatable bonds is 3. The third-order valence-electron chi connectivity index (χ3n) is 6.50. The van der Waals surface area contributed by atoms with Crippen LogP contribution in [0.15, 0.2) is 94.6 Å². The number of nitrogens with one attached hydrogen (secondary N) is 1. The van der Waals surface area contributed by atoms with E-state index >= 15 is 0 Å². The third-order valence-corrected chi connectivity index (χ3v) is 6.99. The van der Waals surface area contributed by atoms with E-state index in [1.165, 1.54) is 0 Å². The highest BCUT2D eigenvalue weighted by atomic mass is 79.9. The monoisotopic (exact) mass is 500 g/mol. The predicted molar refractivity (Wildman–Crippen MR) is 135 cm³/mol. The summed E-state index contributed by atoms with van der Waals surface area (Å²) in [6, 6.07) is 25.5. The molecule has 3 aromatic carbocycles. The van der Waals surface area contributed by atoms with Crippen LogP contribution in [0.1, 0.15) is 49.3 Å². The normalized spacial score (nSPS) is 19.9. The molecule has 4 nitrogen and oxygen atoms in total. The Morgan fingerprint density at radius 2 is 1.70 bits per heavy atom. The van der Waals surface area contributed by atoms with Crippen LogP contribution in [0.2, 0.25) is 0 Å². The van der Waals surface area contributed by atoms with E-state index in [-0.39, 0.29) is 17.6 Å². The maximum Gasteiger partial charge on any atom is 0.227 e. The molecule has 5 rings (SSSR count). The first-order chi connectivity index (χ1) is 16.1. The van der Waals surface area contributed by atoms with E-state index < -0.39 is 6.04 Å². The Kier molecular flexibility index (Phi) is 5.90. The van der Waals surface area contributed by atoms with Gasteiger partial charge in [0.05, 0.1) is 17.4 Å². The molecule has 2 aliphatic rings. The summed E-state index contributed by atoms with van der Waals surface area (Å²) in [7, 11) is 0. The molecule has 0 spiro atoms. The fraction of sp³-hybridized carbons (Fsp3) is 0.214. The molecule has 1 heterocycles. The van der Waals surface area contributed by atoms with E-state index in [0.717, 1.165) is 39.1 Å². The molecule has 0 radical (unpaired) electrons. The van der Waals surface area contributed by atoms with Crippen LogP contribution in [0, 0.1) is 0 Å². The number of fused-ring (bicyclic) bond motifs is 1. The van der Waals surface area contributed by atoms with Crippen molar-refractivity contribution in [2.45, 2.75) is 38.1 Å². The van der Waals surface area contributed by atoms with Crippen LogP contribution >= 0.6 is 15.9 Å². The van der Waals surface area contributed by atoms with Crippen LogP contribution in [0.3, 0.4) is 0 Å². The molecule has 0 unspecified atom stereocenters. The van der Waals surface area contributed by atoms with E-state index in [1.807, 2.05) is 78.6 Å². The summed E-state index contributed by atoms with van der Waals surface area (Å²) in [5, 5.41) is 3.57. The van der Waals surface area contributed by atoms with E-state index in [2.05, 4.69) is 33.4 Å². The van der Waals surface area contributed by atoms with Gasteiger partial charge >= 0.3 is 0 Å². The molecule has 1 aliphatic heterocycles. The summed E-state index contributed by atoms with van der Waals surface area (Å²) < 4.78 is 0.918. The van der Waals surface area contributed by atoms with Gasteiger partial charge in [-0.15, -0.1) is 0 Å². The first-order valence-electron chi connectivity index (χ1n) is 11.3. The van der Waals surface area contributed by atoms with Gasteiger partial charge < -0.3 is 5.32 Å². The Hall–Kier alpha value is -3.18. The molecule has 0 saturated heterocycles. The number of allylic oxidation sites excluding steroid dienone is 1. The Bertz CT molecular complexity index is 1250. The number of hydrogen-bond donors (Lipinski definition) is 1. The Morgan fingerprint density at radius 1 is 0.970 bits per heavy atom. The number of ketones is 1. The van der Waals surface area contributed by atoms with Gasteiger partial charge in [-0.1, -0.05) is 77.5 Å². The number of anilines is 2. The SMILES string of the molecule is CCC(=O)N1c2ccccc2NC2=C(C(=O)C[C@H](c3ccccc3)C2)[C@H]1c1cccc(Br)c1. The van der Waals surface area contributed by atoms with Gasteiger partial charge in [0.25, 0.3) is 0 Å². The average Bonchev–Trinajstić information content (AvgIpc) is 2.98. The average molecular weight is 501 g/mol. The Balaban J connectivity index is 1.72. The zero-order chi connectivity index (χ0) is 22.9. The molecule has 0 saturated carbocycles. The molecule has 1 amide bonds. The largest absolute Gasteiger partial charge is 0.357 e. The van der Waals surface area contributed by atoms with Crippen molar-refractivity contribution in [1.82, 2.24) is 0 Å². The first kappa shape index (κ1) is 21.7. The minimum Gasteiger partial charge on any atom is -0.357 e. The van der Waals surface area contributed by atoms with Gasteiger partial charge in [-0.25, -0.2) is 0 Å². The van der Waals surface area contributed by atoms with Gasteiger partial charge in [0.1, 0.15) is 0 Å². The van der Waals surface area contributed by atoms with Crippen LogP contribution in [-0.4, -0.2) is 11.7 Å². The molecular weight excluding hydrogens is 476 g/mol. The lowest BCUT2D eigenvalue weighted by atomic mass is 9.78. The molecule has 33 heavy (non-hydrogen) atoms. The molecule has 2 atom stereocenters. The molecule has 0 aromatic heterocycles. The highest BCUT2D eigenvalue weighted by molar-refractivity contribution is 9.10. The second-order valence-corrected chi connectivity index (χ2v) is 9.46. The highest BCUT2D eigenvalue weighted by Gasteiger charge is 2.41. The summed E-state index contributed by atoms with van der Waals surface area (Å²) in [5.41, 5.74) is 5.33. The van der Waals surface area contributed by atoms with E-state index in [0.29, 0.717) is 18.4 Å². The van der Waals surface area contributed by atoms with E-state index in [9.17, 15) is 9.59 Å².